The number of ether oxygens (including phenoxy) is 1. The van der Waals surface area contributed by atoms with Crippen molar-refractivity contribution in [1.82, 2.24) is 4.90 Å². The van der Waals surface area contributed by atoms with Crippen molar-refractivity contribution in [2.24, 2.45) is 5.92 Å². The Morgan fingerprint density at radius 3 is 3.11 bits per heavy atom. The fraction of sp³-hybridized carbons (Fsp3) is 0.600. The molecule has 2 rings (SSSR count). The van der Waals surface area contributed by atoms with E-state index in [0.717, 1.165) is 25.6 Å². The van der Waals surface area contributed by atoms with Crippen LogP contribution in [0.25, 0.3) is 0 Å². The van der Waals surface area contributed by atoms with Crippen LogP contribution in [0, 0.1) is 12.8 Å². The molecule has 1 aliphatic heterocycles. The molecule has 1 atom stereocenters. The Morgan fingerprint density at radius 1 is 1.44 bits per heavy atom. The highest BCUT2D eigenvalue weighted by Gasteiger charge is 2.21. The summed E-state index contributed by atoms with van der Waals surface area (Å²) in [7, 11) is 1.79. The van der Waals surface area contributed by atoms with Gasteiger partial charge in [0.2, 0.25) is 0 Å². The van der Waals surface area contributed by atoms with Crippen LogP contribution < -0.4 is 5.32 Å². The van der Waals surface area contributed by atoms with Crippen LogP contribution in [-0.4, -0.2) is 44.8 Å². The van der Waals surface area contributed by atoms with Gasteiger partial charge in [0.15, 0.2) is 0 Å². The fourth-order valence-electron chi connectivity index (χ4n) is 2.60. The van der Waals surface area contributed by atoms with E-state index >= 15 is 0 Å². The van der Waals surface area contributed by atoms with E-state index in [-0.39, 0.29) is 0 Å². The molecule has 3 heteroatoms. The first-order chi connectivity index (χ1) is 8.78. The van der Waals surface area contributed by atoms with Crippen molar-refractivity contribution in [2.75, 3.05) is 45.2 Å². The normalized spacial score (nSPS) is 20.2. The molecular weight excluding hydrogens is 224 g/mol. The third-order valence-electron chi connectivity index (χ3n) is 3.55. The molecule has 0 bridgehead atoms. The first-order valence-corrected chi connectivity index (χ1v) is 6.80. The summed E-state index contributed by atoms with van der Waals surface area (Å²) in [5, 5.41) is 3.49. The van der Waals surface area contributed by atoms with Crippen molar-refractivity contribution in [3.05, 3.63) is 29.8 Å². The SMILES string of the molecule is COCC1CCN(CCNc2cccc(C)c2)C1. The highest BCUT2D eigenvalue weighted by Crippen LogP contribution is 2.16. The van der Waals surface area contributed by atoms with Crippen LogP contribution in [0.5, 0.6) is 0 Å². The van der Waals surface area contributed by atoms with Gasteiger partial charge in [-0.2, -0.15) is 0 Å². The van der Waals surface area contributed by atoms with E-state index in [4.69, 9.17) is 4.74 Å². The number of hydrogen-bond donors (Lipinski definition) is 1. The molecule has 100 valence electrons. The minimum atomic E-state index is 0.731. The number of benzene rings is 1. The van der Waals surface area contributed by atoms with Crippen LogP contribution in [0.1, 0.15) is 12.0 Å². The van der Waals surface area contributed by atoms with Gasteiger partial charge in [0.1, 0.15) is 0 Å². The zero-order valence-corrected chi connectivity index (χ0v) is 11.5. The van der Waals surface area contributed by atoms with Gasteiger partial charge in [-0.3, -0.25) is 0 Å². The Morgan fingerprint density at radius 2 is 2.33 bits per heavy atom. The topological polar surface area (TPSA) is 24.5 Å². The van der Waals surface area contributed by atoms with Gasteiger partial charge in [0, 0.05) is 32.4 Å². The lowest BCUT2D eigenvalue weighted by Crippen LogP contribution is -2.27. The minimum absolute atomic E-state index is 0.731. The fourth-order valence-corrected chi connectivity index (χ4v) is 2.60. The van der Waals surface area contributed by atoms with E-state index < -0.39 is 0 Å². The molecule has 1 fully saturated rings. The molecule has 0 radical (unpaired) electrons. The second kappa shape index (κ2) is 6.76. The molecule has 1 N–H and O–H groups in total. The third kappa shape index (κ3) is 4.00. The first-order valence-electron chi connectivity index (χ1n) is 6.80. The standard InChI is InChI=1S/C15H24N2O/c1-13-4-3-5-15(10-13)16-7-9-17-8-6-14(11-17)12-18-2/h3-5,10,14,16H,6-9,11-12H2,1-2H3. The maximum absolute atomic E-state index is 5.22. The molecule has 1 aromatic rings. The Hall–Kier alpha value is -1.06. The number of rotatable bonds is 6. The number of aryl methyl sites for hydroxylation is 1. The maximum Gasteiger partial charge on any atom is 0.0503 e. The quantitative estimate of drug-likeness (QED) is 0.836. The molecule has 1 saturated heterocycles. The van der Waals surface area contributed by atoms with E-state index in [9.17, 15) is 0 Å². The molecule has 0 aromatic heterocycles. The Labute approximate surface area is 110 Å². The summed E-state index contributed by atoms with van der Waals surface area (Å²) in [6.07, 6.45) is 1.28. The highest BCUT2D eigenvalue weighted by atomic mass is 16.5. The van der Waals surface area contributed by atoms with Crippen LogP contribution >= 0.6 is 0 Å². The number of likely N-dealkylation sites (tertiary alicyclic amines) is 1. The van der Waals surface area contributed by atoms with Crippen molar-refractivity contribution in [3.8, 4) is 0 Å². The second-order valence-electron chi connectivity index (χ2n) is 5.21. The highest BCUT2D eigenvalue weighted by molar-refractivity contribution is 5.45. The summed E-state index contributed by atoms with van der Waals surface area (Å²) in [6, 6.07) is 8.55. The van der Waals surface area contributed by atoms with Crippen molar-refractivity contribution >= 4 is 5.69 Å². The number of hydrogen-bond acceptors (Lipinski definition) is 3. The van der Waals surface area contributed by atoms with Gasteiger partial charge in [-0.25, -0.2) is 0 Å². The summed E-state index contributed by atoms with van der Waals surface area (Å²) >= 11 is 0. The summed E-state index contributed by atoms with van der Waals surface area (Å²) in [4.78, 5) is 2.52. The van der Waals surface area contributed by atoms with Crippen molar-refractivity contribution in [1.29, 1.82) is 0 Å². The summed E-state index contributed by atoms with van der Waals surface area (Å²) in [6.45, 7) is 7.56. The van der Waals surface area contributed by atoms with E-state index in [1.807, 2.05) is 0 Å². The molecule has 3 nitrogen and oxygen atoms in total. The van der Waals surface area contributed by atoms with Crippen molar-refractivity contribution in [2.45, 2.75) is 13.3 Å². The predicted octanol–water partition coefficient (Wildman–Crippen LogP) is 2.38. The predicted molar refractivity (Wildman–Crippen MR) is 76.1 cm³/mol. The van der Waals surface area contributed by atoms with E-state index in [2.05, 4.69) is 41.4 Å². The Bertz CT molecular complexity index is 367. The van der Waals surface area contributed by atoms with Gasteiger partial charge >= 0.3 is 0 Å². The van der Waals surface area contributed by atoms with E-state index in [1.165, 1.54) is 30.8 Å². The van der Waals surface area contributed by atoms with Gasteiger partial charge in [-0.05, 0) is 43.5 Å². The largest absolute Gasteiger partial charge is 0.384 e. The average Bonchev–Trinajstić information content (AvgIpc) is 2.78. The van der Waals surface area contributed by atoms with Gasteiger partial charge in [0.25, 0.3) is 0 Å². The summed E-state index contributed by atoms with van der Waals surface area (Å²) in [5.41, 5.74) is 2.53. The number of anilines is 1. The summed E-state index contributed by atoms with van der Waals surface area (Å²) in [5.74, 6) is 0.731. The zero-order chi connectivity index (χ0) is 12.8. The van der Waals surface area contributed by atoms with E-state index in [0.29, 0.717) is 0 Å². The molecule has 0 saturated carbocycles. The van der Waals surface area contributed by atoms with Gasteiger partial charge < -0.3 is 15.0 Å². The van der Waals surface area contributed by atoms with Crippen molar-refractivity contribution in [3.63, 3.8) is 0 Å². The van der Waals surface area contributed by atoms with Gasteiger partial charge in [0.05, 0.1) is 6.61 Å². The maximum atomic E-state index is 5.22. The van der Waals surface area contributed by atoms with Crippen molar-refractivity contribution < 1.29 is 4.74 Å². The second-order valence-corrected chi connectivity index (χ2v) is 5.21. The molecule has 0 aliphatic carbocycles. The smallest absolute Gasteiger partial charge is 0.0503 e. The zero-order valence-electron chi connectivity index (χ0n) is 11.5. The average molecular weight is 248 g/mol. The molecule has 0 amide bonds. The van der Waals surface area contributed by atoms with Crippen LogP contribution in [0.2, 0.25) is 0 Å². The molecule has 1 unspecified atom stereocenters. The van der Waals surface area contributed by atoms with Gasteiger partial charge in [-0.1, -0.05) is 12.1 Å². The van der Waals surface area contributed by atoms with Crippen LogP contribution in [0.4, 0.5) is 5.69 Å². The molecular formula is C15H24N2O. The Kier molecular flexibility index (Phi) is 5.02. The van der Waals surface area contributed by atoms with Gasteiger partial charge in [-0.15, -0.1) is 0 Å². The molecule has 1 heterocycles. The molecule has 1 aliphatic rings. The first kappa shape index (κ1) is 13.4. The Balaban J connectivity index is 1.67. The van der Waals surface area contributed by atoms with E-state index in [1.54, 1.807) is 7.11 Å². The number of nitrogens with zero attached hydrogens (tertiary/aromatic N) is 1. The number of methoxy groups -OCH3 is 1. The van der Waals surface area contributed by atoms with Crippen LogP contribution in [0.3, 0.4) is 0 Å². The molecule has 18 heavy (non-hydrogen) atoms. The lowest BCUT2D eigenvalue weighted by Gasteiger charge is -2.16. The summed E-state index contributed by atoms with van der Waals surface area (Å²) < 4.78 is 5.22. The number of nitrogens with one attached hydrogen (secondary N) is 1. The lowest BCUT2D eigenvalue weighted by atomic mass is 10.1. The third-order valence-corrected chi connectivity index (χ3v) is 3.55. The molecule has 0 spiro atoms. The monoisotopic (exact) mass is 248 g/mol. The lowest BCUT2D eigenvalue weighted by molar-refractivity contribution is 0.153. The minimum Gasteiger partial charge on any atom is -0.384 e. The van der Waals surface area contributed by atoms with Crippen LogP contribution in [0.15, 0.2) is 24.3 Å². The van der Waals surface area contributed by atoms with Crippen LogP contribution in [-0.2, 0) is 4.74 Å². The molecule has 1 aromatic carbocycles.